The molecule has 24 heavy (non-hydrogen) atoms. The Bertz CT molecular complexity index is 651. The van der Waals surface area contributed by atoms with Crippen molar-refractivity contribution in [2.75, 3.05) is 13.2 Å². The Labute approximate surface area is 137 Å². The van der Waals surface area contributed by atoms with E-state index < -0.39 is 23.8 Å². The Balaban J connectivity index is 1.84. The summed E-state index contributed by atoms with van der Waals surface area (Å²) in [5, 5.41) is 2.66. The minimum Gasteiger partial charge on any atom is -0.475 e. The molecule has 0 radical (unpaired) electrons. The van der Waals surface area contributed by atoms with Gasteiger partial charge in [-0.15, -0.1) is 0 Å². The number of benzene rings is 1. The van der Waals surface area contributed by atoms with Crippen LogP contribution in [0.3, 0.4) is 0 Å². The topological polar surface area (TPSA) is 47.6 Å². The van der Waals surface area contributed by atoms with E-state index >= 15 is 0 Å². The molecule has 4 nitrogen and oxygen atoms in total. The average molecular weight is 341 g/mol. The van der Waals surface area contributed by atoms with E-state index in [2.05, 4.69) is 5.32 Å². The van der Waals surface area contributed by atoms with Gasteiger partial charge in [0.1, 0.15) is 5.75 Å². The fraction of sp³-hybridized carbons (Fsp3) is 0.471. The number of fused-ring (bicyclic) bond motifs is 1. The van der Waals surface area contributed by atoms with Crippen LogP contribution in [-0.2, 0) is 9.53 Å². The van der Waals surface area contributed by atoms with E-state index in [1.165, 1.54) is 12.1 Å². The monoisotopic (exact) mass is 341 g/mol. The van der Waals surface area contributed by atoms with E-state index in [1.807, 2.05) is 0 Å². The second-order valence-electron chi connectivity index (χ2n) is 6.06. The van der Waals surface area contributed by atoms with Gasteiger partial charge in [0.2, 0.25) is 6.10 Å². The highest BCUT2D eigenvalue weighted by molar-refractivity contribution is 6.00. The molecule has 2 aliphatic heterocycles. The molecule has 7 heteroatoms. The van der Waals surface area contributed by atoms with Gasteiger partial charge in [0, 0.05) is 24.1 Å². The van der Waals surface area contributed by atoms with Gasteiger partial charge in [-0.2, -0.15) is 13.2 Å². The minimum atomic E-state index is -4.67. The zero-order chi connectivity index (χ0) is 17.3. The van der Waals surface area contributed by atoms with Gasteiger partial charge < -0.3 is 14.8 Å². The van der Waals surface area contributed by atoms with Crippen LogP contribution >= 0.6 is 0 Å². The number of rotatable bonds is 3. The van der Waals surface area contributed by atoms with E-state index in [0.29, 0.717) is 18.8 Å². The van der Waals surface area contributed by atoms with E-state index in [9.17, 15) is 18.0 Å². The van der Waals surface area contributed by atoms with Crippen LogP contribution in [0.2, 0.25) is 0 Å². The molecule has 1 saturated heterocycles. The van der Waals surface area contributed by atoms with Crippen LogP contribution in [0.15, 0.2) is 29.8 Å². The summed E-state index contributed by atoms with van der Waals surface area (Å²) in [5.74, 6) is -0.532. The molecule has 2 heterocycles. The maximum absolute atomic E-state index is 13.3. The zero-order valence-corrected chi connectivity index (χ0v) is 13.1. The Morgan fingerprint density at radius 2 is 2.08 bits per heavy atom. The van der Waals surface area contributed by atoms with Crippen molar-refractivity contribution in [3.8, 4) is 5.75 Å². The quantitative estimate of drug-likeness (QED) is 0.920. The molecule has 1 aromatic carbocycles. The molecule has 1 N–H and O–H groups in total. The maximum atomic E-state index is 13.3. The first kappa shape index (κ1) is 16.8. The average Bonchev–Trinajstić information content (AvgIpc) is 3.07. The van der Waals surface area contributed by atoms with E-state index in [4.69, 9.17) is 9.47 Å². The van der Waals surface area contributed by atoms with Crippen molar-refractivity contribution >= 4 is 12.0 Å². The number of carbonyl (C=O) groups is 1. The van der Waals surface area contributed by atoms with E-state index in [-0.39, 0.29) is 17.7 Å². The fourth-order valence-corrected chi connectivity index (χ4v) is 2.92. The highest BCUT2D eigenvalue weighted by Crippen LogP contribution is 2.37. The first-order chi connectivity index (χ1) is 11.4. The van der Waals surface area contributed by atoms with E-state index in [1.54, 1.807) is 25.1 Å². The highest BCUT2D eigenvalue weighted by Gasteiger charge is 2.48. The zero-order valence-electron chi connectivity index (χ0n) is 13.1. The van der Waals surface area contributed by atoms with E-state index in [0.717, 1.165) is 6.42 Å². The van der Waals surface area contributed by atoms with Crippen LogP contribution in [0.1, 0.15) is 18.9 Å². The van der Waals surface area contributed by atoms with Gasteiger partial charge in [-0.05, 0) is 25.5 Å². The standard InChI is InChI=1S/C17H18F3NO3/c1-10(12-6-7-23-9-12)21-16(22)13-8-11-4-2-3-5-14(11)24-15(13)17(18,19)20/h2-5,8,10,12,15H,6-7,9H2,1H3,(H,21,22). The lowest BCUT2D eigenvalue weighted by Crippen LogP contribution is -2.46. The molecular weight excluding hydrogens is 323 g/mol. The smallest absolute Gasteiger partial charge is 0.429 e. The van der Waals surface area contributed by atoms with Crippen LogP contribution in [0.25, 0.3) is 6.08 Å². The van der Waals surface area contributed by atoms with Gasteiger partial charge in [0.15, 0.2) is 0 Å². The Kier molecular flexibility index (Phi) is 4.54. The largest absolute Gasteiger partial charge is 0.475 e. The van der Waals surface area contributed by atoms with Crippen molar-refractivity contribution in [1.82, 2.24) is 5.32 Å². The van der Waals surface area contributed by atoms with Crippen molar-refractivity contribution in [1.29, 1.82) is 0 Å². The summed E-state index contributed by atoms with van der Waals surface area (Å²) in [7, 11) is 0. The number of carbonyl (C=O) groups excluding carboxylic acids is 1. The van der Waals surface area contributed by atoms with Gasteiger partial charge in [-0.1, -0.05) is 18.2 Å². The number of hydrogen-bond donors (Lipinski definition) is 1. The van der Waals surface area contributed by atoms with Crippen LogP contribution in [0.4, 0.5) is 13.2 Å². The molecule has 0 aliphatic carbocycles. The lowest BCUT2D eigenvalue weighted by molar-refractivity contribution is -0.185. The van der Waals surface area contributed by atoms with Crippen molar-refractivity contribution < 1.29 is 27.4 Å². The molecule has 2 aliphatic rings. The number of hydrogen-bond acceptors (Lipinski definition) is 3. The van der Waals surface area contributed by atoms with Gasteiger partial charge >= 0.3 is 6.18 Å². The summed E-state index contributed by atoms with van der Waals surface area (Å²) in [5.41, 5.74) is 0.0342. The number of halogens is 3. The molecule has 0 spiro atoms. The first-order valence-corrected chi connectivity index (χ1v) is 7.79. The molecule has 3 unspecified atom stereocenters. The van der Waals surface area contributed by atoms with Crippen LogP contribution in [-0.4, -0.2) is 37.4 Å². The third-order valence-corrected chi connectivity index (χ3v) is 4.35. The van der Waals surface area contributed by atoms with Gasteiger partial charge in [-0.25, -0.2) is 0 Å². The summed E-state index contributed by atoms with van der Waals surface area (Å²) in [6, 6.07) is 6.07. The molecule has 1 fully saturated rings. The fourth-order valence-electron chi connectivity index (χ4n) is 2.92. The second kappa shape index (κ2) is 6.47. The molecular formula is C17H18F3NO3. The van der Waals surface area contributed by atoms with Crippen LogP contribution in [0, 0.1) is 5.92 Å². The Hall–Kier alpha value is -2.02. The van der Waals surface area contributed by atoms with Crippen molar-refractivity contribution in [2.45, 2.75) is 31.7 Å². The Morgan fingerprint density at radius 1 is 1.33 bits per heavy atom. The van der Waals surface area contributed by atoms with Gasteiger partial charge in [0.05, 0.1) is 12.2 Å². The molecule has 0 bridgehead atoms. The first-order valence-electron chi connectivity index (χ1n) is 7.79. The molecule has 130 valence electrons. The lowest BCUT2D eigenvalue weighted by atomic mass is 9.97. The summed E-state index contributed by atoms with van der Waals surface area (Å²) < 4.78 is 50.3. The number of alkyl halides is 3. The maximum Gasteiger partial charge on any atom is 0.429 e. The number of para-hydroxylation sites is 1. The summed E-state index contributed by atoms with van der Waals surface area (Å²) in [4.78, 5) is 12.4. The van der Waals surface area contributed by atoms with Crippen molar-refractivity contribution in [3.63, 3.8) is 0 Å². The third-order valence-electron chi connectivity index (χ3n) is 4.35. The summed E-state index contributed by atoms with van der Waals surface area (Å²) in [6.07, 6.45) is -4.90. The van der Waals surface area contributed by atoms with Crippen LogP contribution < -0.4 is 10.1 Å². The number of nitrogens with one attached hydrogen (secondary N) is 1. The molecule has 3 rings (SSSR count). The molecule has 0 aromatic heterocycles. The highest BCUT2D eigenvalue weighted by atomic mass is 19.4. The normalized spacial score (nSPS) is 24.6. The molecule has 0 saturated carbocycles. The molecule has 1 aromatic rings. The molecule has 3 atom stereocenters. The predicted octanol–water partition coefficient (Wildman–Crippen LogP) is 2.93. The van der Waals surface area contributed by atoms with Gasteiger partial charge in [0.25, 0.3) is 5.91 Å². The number of ether oxygens (including phenoxy) is 2. The predicted molar refractivity (Wildman–Crippen MR) is 81.4 cm³/mol. The van der Waals surface area contributed by atoms with Gasteiger partial charge in [-0.3, -0.25) is 4.79 Å². The van der Waals surface area contributed by atoms with Crippen LogP contribution in [0.5, 0.6) is 5.75 Å². The lowest BCUT2D eigenvalue weighted by Gasteiger charge is -2.29. The third kappa shape index (κ3) is 3.40. The summed E-state index contributed by atoms with van der Waals surface area (Å²) in [6.45, 7) is 2.88. The minimum absolute atomic E-state index is 0.107. The Morgan fingerprint density at radius 3 is 2.75 bits per heavy atom. The van der Waals surface area contributed by atoms with Crippen molar-refractivity contribution in [3.05, 3.63) is 35.4 Å². The number of amides is 1. The molecule has 1 amide bonds. The van der Waals surface area contributed by atoms with Crippen molar-refractivity contribution in [2.24, 2.45) is 5.92 Å². The second-order valence-corrected chi connectivity index (χ2v) is 6.06. The SMILES string of the molecule is CC(NC(=O)C1=Cc2ccccc2OC1C(F)(F)F)C1CCOC1. The summed E-state index contributed by atoms with van der Waals surface area (Å²) >= 11 is 0.